The van der Waals surface area contributed by atoms with E-state index in [1.54, 1.807) is 18.5 Å². The SMILES string of the molecule is CC(C)(C)NC(=O)Oc1ccc(CCCCn2ccnn2)cn1. The number of aryl methyl sites for hydroxylation is 2. The van der Waals surface area contributed by atoms with Crippen LogP contribution in [0, 0.1) is 0 Å². The molecule has 0 aliphatic carbocycles. The van der Waals surface area contributed by atoms with E-state index in [0.29, 0.717) is 5.88 Å². The largest absolute Gasteiger partial charge is 0.414 e. The zero-order valence-corrected chi connectivity index (χ0v) is 13.8. The molecule has 0 atom stereocenters. The summed E-state index contributed by atoms with van der Waals surface area (Å²) in [5, 5.41) is 10.4. The molecular weight excluding hydrogens is 294 g/mol. The molecule has 124 valence electrons. The van der Waals surface area contributed by atoms with Crippen molar-refractivity contribution in [2.24, 2.45) is 0 Å². The average molecular weight is 317 g/mol. The molecule has 23 heavy (non-hydrogen) atoms. The average Bonchev–Trinajstić information content (AvgIpc) is 2.96. The number of carbonyl (C=O) groups excluding carboxylic acids is 1. The molecule has 7 heteroatoms. The van der Waals surface area contributed by atoms with E-state index in [0.717, 1.165) is 31.4 Å². The van der Waals surface area contributed by atoms with Crippen molar-refractivity contribution in [3.63, 3.8) is 0 Å². The van der Waals surface area contributed by atoms with E-state index in [9.17, 15) is 4.79 Å². The van der Waals surface area contributed by atoms with Gasteiger partial charge in [-0.1, -0.05) is 11.3 Å². The second-order valence-corrected chi connectivity index (χ2v) is 6.39. The van der Waals surface area contributed by atoms with Crippen LogP contribution in [0.2, 0.25) is 0 Å². The van der Waals surface area contributed by atoms with Crippen LogP contribution in [-0.2, 0) is 13.0 Å². The fourth-order valence-electron chi connectivity index (χ4n) is 2.00. The van der Waals surface area contributed by atoms with Crippen molar-refractivity contribution in [2.75, 3.05) is 0 Å². The normalized spacial score (nSPS) is 11.3. The minimum atomic E-state index is -0.495. The Morgan fingerprint density at radius 3 is 2.74 bits per heavy atom. The third-order valence-electron chi connectivity index (χ3n) is 3.05. The summed E-state index contributed by atoms with van der Waals surface area (Å²) < 4.78 is 6.96. The smallest absolute Gasteiger partial charge is 0.391 e. The zero-order chi connectivity index (χ0) is 16.7. The van der Waals surface area contributed by atoms with E-state index in [1.165, 1.54) is 0 Å². The quantitative estimate of drug-likeness (QED) is 0.828. The van der Waals surface area contributed by atoms with E-state index < -0.39 is 6.09 Å². The van der Waals surface area contributed by atoms with Crippen molar-refractivity contribution in [3.05, 3.63) is 36.3 Å². The number of rotatable bonds is 6. The third-order valence-corrected chi connectivity index (χ3v) is 3.05. The molecule has 1 N–H and O–H groups in total. The molecule has 0 radical (unpaired) electrons. The van der Waals surface area contributed by atoms with Crippen LogP contribution in [0.4, 0.5) is 4.79 Å². The topological polar surface area (TPSA) is 81.9 Å². The molecule has 0 unspecified atom stereocenters. The van der Waals surface area contributed by atoms with Gasteiger partial charge in [-0.3, -0.25) is 4.68 Å². The Morgan fingerprint density at radius 1 is 1.30 bits per heavy atom. The number of nitrogens with one attached hydrogen (secondary N) is 1. The first-order valence-electron chi connectivity index (χ1n) is 7.71. The number of unbranched alkanes of at least 4 members (excludes halogenated alkanes) is 1. The summed E-state index contributed by atoms with van der Waals surface area (Å²) in [5.41, 5.74) is 0.786. The second kappa shape index (κ2) is 7.71. The molecule has 0 aliphatic rings. The van der Waals surface area contributed by atoms with Gasteiger partial charge in [0.05, 0.1) is 6.20 Å². The molecule has 0 saturated carbocycles. The minimum absolute atomic E-state index is 0.304. The number of pyridine rings is 1. The van der Waals surface area contributed by atoms with Gasteiger partial charge in [-0.2, -0.15) is 0 Å². The molecule has 7 nitrogen and oxygen atoms in total. The summed E-state index contributed by atoms with van der Waals surface area (Å²) in [6.07, 6.45) is 7.77. The highest BCUT2D eigenvalue weighted by molar-refractivity contribution is 5.70. The van der Waals surface area contributed by atoms with Gasteiger partial charge in [-0.15, -0.1) is 5.10 Å². The van der Waals surface area contributed by atoms with Crippen LogP contribution in [0.25, 0.3) is 0 Å². The Morgan fingerprint density at radius 2 is 2.13 bits per heavy atom. The summed E-state index contributed by atoms with van der Waals surface area (Å²) in [7, 11) is 0. The highest BCUT2D eigenvalue weighted by Gasteiger charge is 2.15. The van der Waals surface area contributed by atoms with E-state index >= 15 is 0 Å². The maximum Gasteiger partial charge on any atom is 0.414 e. The van der Waals surface area contributed by atoms with Crippen LogP contribution in [-0.4, -0.2) is 31.6 Å². The number of nitrogens with zero attached hydrogens (tertiary/aromatic N) is 4. The van der Waals surface area contributed by atoms with Gasteiger partial charge in [0.1, 0.15) is 0 Å². The van der Waals surface area contributed by atoms with Crippen LogP contribution in [0.15, 0.2) is 30.7 Å². The lowest BCUT2D eigenvalue weighted by Gasteiger charge is -2.19. The van der Waals surface area contributed by atoms with Crippen LogP contribution >= 0.6 is 0 Å². The number of carbonyl (C=O) groups is 1. The predicted molar refractivity (Wildman–Crippen MR) is 86.1 cm³/mol. The van der Waals surface area contributed by atoms with Gasteiger partial charge >= 0.3 is 6.09 Å². The Labute approximate surface area is 136 Å². The number of amides is 1. The van der Waals surface area contributed by atoms with Crippen molar-refractivity contribution in [2.45, 2.75) is 52.1 Å². The Bertz CT molecular complexity index is 602. The molecule has 0 saturated heterocycles. The second-order valence-electron chi connectivity index (χ2n) is 6.39. The molecule has 0 aliphatic heterocycles. The highest BCUT2D eigenvalue weighted by Crippen LogP contribution is 2.11. The van der Waals surface area contributed by atoms with Crippen molar-refractivity contribution in [1.82, 2.24) is 25.3 Å². The van der Waals surface area contributed by atoms with Crippen molar-refractivity contribution in [3.8, 4) is 5.88 Å². The molecule has 0 aromatic carbocycles. The lowest BCUT2D eigenvalue weighted by molar-refractivity contribution is 0.189. The molecule has 0 bridgehead atoms. The predicted octanol–water partition coefficient (Wildman–Crippen LogP) is 2.58. The summed E-state index contributed by atoms with van der Waals surface area (Å²) in [4.78, 5) is 15.8. The van der Waals surface area contributed by atoms with Gasteiger partial charge < -0.3 is 10.1 Å². The third kappa shape index (κ3) is 6.46. The van der Waals surface area contributed by atoms with Gasteiger partial charge in [0, 0.05) is 30.5 Å². The lowest BCUT2D eigenvalue weighted by Crippen LogP contribution is -2.42. The van der Waals surface area contributed by atoms with Crippen molar-refractivity contribution < 1.29 is 9.53 Å². The first kappa shape index (κ1) is 16.9. The maximum absolute atomic E-state index is 11.6. The molecule has 0 spiro atoms. The van der Waals surface area contributed by atoms with E-state index in [1.807, 2.05) is 37.7 Å². The van der Waals surface area contributed by atoms with E-state index in [2.05, 4.69) is 20.6 Å². The summed E-state index contributed by atoms with van der Waals surface area (Å²) in [6, 6.07) is 3.65. The Balaban J connectivity index is 1.72. The highest BCUT2D eigenvalue weighted by atomic mass is 16.6. The molecule has 2 rings (SSSR count). The molecule has 2 heterocycles. The fourth-order valence-corrected chi connectivity index (χ4v) is 2.00. The van der Waals surface area contributed by atoms with Crippen LogP contribution in [0.3, 0.4) is 0 Å². The van der Waals surface area contributed by atoms with Crippen LogP contribution in [0.5, 0.6) is 5.88 Å². The maximum atomic E-state index is 11.6. The van der Waals surface area contributed by atoms with Crippen LogP contribution in [0.1, 0.15) is 39.2 Å². The first-order chi connectivity index (χ1) is 10.9. The van der Waals surface area contributed by atoms with E-state index in [-0.39, 0.29) is 5.54 Å². The fraction of sp³-hybridized carbons (Fsp3) is 0.500. The minimum Gasteiger partial charge on any atom is -0.391 e. The lowest BCUT2D eigenvalue weighted by atomic mass is 10.1. The van der Waals surface area contributed by atoms with Gasteiger partial charge in [-0.05, 0) is 45.6 Å². The van der Waals surface area contributed by atoms with Crippen molar-refractivity contribution in [1.29, 1.82) is 0 Å². The molecule has 0 fully saturated rings. The number of hydrogen-bond donors (Lipinski definition) is 1. The molecule has 2 aromatic heterocycles. The number of hydrogen-bond acceptors (Lipinski definition) is 5. The monoisotopic (exact) mass is 317 g/mol. The molecular formula is C16H23N5O2. The number of aromatic nitrogens is 4. The molecule has 1 amide bonds. The van der Waals surface area contributed by atoms with E-state index in [4.69, 9.17) is 4.74 Å². The Kier molecular flexibility index (Phi) is 5.67. The first-order valence-corrected chi connectivity index (χ1v) is 7.71. The van der Waals surface area contributed by atoms with Gasteiger partial charge in [0.2, 0.25) is 5.88 Å². The Hall–Kier alpha value is -2.44. The summed E-state index contributed by atoms with van der Waals surface area (Å²) >= 11 is 0. The molecule has 2 aromatic rings. The van der Waals surface area contributed by atoms with Gasteiger partial charge in [0.25, 0.3) is 0 Å². The van der Waals surface area contributed by atoms with Gasteiger partial charge in [0.15, 0.2) is 0 Å². The van der Waals surface area contributed by atoms with Crippen molar-refractivity contribution >= 4 is 6.09 Å². The number of ether oxygens (including phenoxy) is 1. The zero-order valence-electron chi connectivity index (χ0n) is 13.8. The summed E-state index contributed by atoms with van der Waals surface area (Å²) in [5.74, 6) is 0.304. The van der Waals surface area contributed by atoms with Gasteiger partial charge in [-0.25, -0.2) is 9.78 Å². The summed E-state index contributed by atoms with van der Waals surface area (Å²) in [6.45, 7) is 6.54. The van der Waals surface area contributed by atoms with Crippen LogP contribution < -0.4 is 10.1 Å². The standard InChI is InChI=1S/C16H23N5O2/c1-16(2,3)19-15(22)23-14-8-7-13(12-17-14)6-4-5-10-21-11-9-18-20-21/h7-9,11-12H,4-6,10H2,1-3H3,(H,19,22).